The molecule has 1 aliphatic rings. The van der Waals surface area contributed by atoms with Crippen LogP contribution in [0.3, 0.4) is 0 Å². The lowest BCUT2D eigenvalue weighted by Gasteiger charge is -2.42. The molecule has 0 aliphatic carbocycles. The predicted molar refractivity (Wildman–Crippen MR) is 160 cm³/mol. The summed E-state index contributed by atoms with van der Waals surface area (Å²) in [5.74, 6) is 2.23. The van der Waals surface area contributed by atoms with Gasteiger partial charge in [0.25, 0.3) is 5.91 Å². The van der Waals surface area contributed by atoms with Crippen LogP contribution in [-0.2, 0) is 13.5 Å². The minimum atomic E-state index is -0.183. The zero-order valence-electron chi connectivity index (χ0n) is 23.7. The fraction of sp³-hybridized carbons (Fsp3) is 0.387. The second-order valence-electron chi connectivity index (χ2n) is 10.9. The highest BCUT2D eigenvalue weighted by atomic mass is 16.5. The average molecular weight is 531 g/mol. The van der Waals surface area contributed by atoms with Crippen LogP contribution in [0.15, 0.2) is 54.7 Å². The Balaban J connectivity index is 0.00000231. The predicted octanol–water partition coefficient (Wildman–Crippen LogP) is 6.50. The van der Waals surface area contributed by atoms with Crippen molar-refractivity contribution < 1.29 is 12.4 Å². The number of benzene rings is 2. The number of aryl methyl sites for hydroxylation is 2. The largest absolute Gasteiger partial charge is 0.457 e. The van der Waals surface area contributed by atoms with Crippen molar-refractivity contribution in [3.63, 3.8) is 0 Å². The van der Waals surface area contributed by atoms with Crippen LogP contribution in [0.5, 0.6) is 11.5 Å². The van der Waals surface area contributed by atoms with E-state index in [1.165, 1.54) is 11.1 Å². The zero-order chi connectivity index (χ0) is 27.7. The highest BCUT2D eigenvalue weighted by Crippen LogP contribution is 2.30. The van der Waals surface area contributed by atoms with Gasteiger partial charge in [0.1, 0.15) is 17.2 Å². The zero-order valence-corrected chi connectivity index (χ0v) is 23.7. The topological polar surface area (TPSA) is 84.3 Å². The number of carbonyl (C=O) groups is 1. The summed E-state index contributed by atoms with van der Waals surface area (Å²) >= 11 is 0. The van der Waals surface area contributed by atoms with Gasteiger partial charge in [0, 0.05) is 53.0 Å². The minimum Gasteiger partial charge on any atom is -0.457 e. The molecular formula is C31H42N6O2. The van der Waals surface area contributed by atoms with Crippen LogP contribution in [0.4, 0.5) is 11.6 Å². The van der Waals surface area contributed by atoms with E-state index >= 15 is 0 Å². The van der Waals surface area contributed by atoms with E-state index in [4.69, 9.17) is 9.72 Å². The molecule has 1 saturated heterocycles. The lowest BCUT2D eigenvalue weighted by Crippen LogP contribution is -2.61. The third-order valence-electron chi connectivity index (χ3n) is 7.43. The molecule has 8 nitrogen and oxygen atoms in total. The first-order chi connectivity index (χ1) is 18.7. The van der Waals surface area contributed by atoms with Crippen molar-refractivity contribution in [2.45, 2.75) is 59.0 Å². The smallest absolute Gasteiger partial charge is 0.270 e. The number of anilines is 2. The van der Waals surface area contributed by atoms with Crippen LogP contribution >= 0.6 is 0 Å². The third kappa shape index (κ3) is 5.76. The molecule has 0 spiro atoms. The molecule has 1 fully saturated rings. The summed E-state index contributed by atoms with van der Waals surface area (Å²) in [7, 11) is 2.00. The molecule has 0 bridgehead atoms. The van der Waals surface area contributed by atoms with Gasteiger partial charge in [-0.25, -0.2) is 4.98 Å². The van der Waals surface area contributed by atoms with Crippen molar-refractivity contribution in [2.75, 3.05) is 18.4 Å². The lowest BCUT2D eigenvalue weighted by atomic mass is 9.95. The van der Waals surface area contributed by atoms with E-state index in [9.17, 15) is 4.79 Å². The van der Waals surface area contributed by atoms with Gasteiger partial charge in [-0.15, -0.1) is 0 Å². The van der Waals surface area contributed by atoms with E-state index in [0.717, 1.165) is 42.2 Å². The lowest BCUT2D eigenvalue weighted by molar-refractivity contribution is 0.0710. The van der Waals surface area contributed by atoms with Gasteiger partial charge in [-0.2, -0.15) is 0 Å². The number of fused-ring (bicyclic) bond motifs is 1. The third-order valence-corrected chi connectivity index (χ3v) is 7.43. The molecule has 1 aliphatic heterocycles. The fourth-order valence-corrected chi connectivity index (χ4v) is 5.04. The molecule has 5 rings (SSSR count). The first-order valence-electron chi connectivity index (χ1n) is 13.8. The number of hydrogen-bond acceptors (Lipinski definition) is 6. The maximum Gasteiger partial charge on any atom is 0.270 e. The number of hydrogen-bond donors (Lipinski definition) is 2. The molecule has 0 radical (unpaired) electrons. The van der Waals surface area contributed by atoms with Crippen LogP contribution in [0.25, 0.3) is 11.0 Å². The van der Waals surface area contributed by atoms with Gasteiger partial charge in [0.15, 0.2) is 0 Å². The minimum absolute atomic E-state index is 0. The summed E-state index contributed by atoms with van der Waals surface area (Å²) in [4.78, 5) is 24.1. The number of likely N-dealkylation sites (tertiary alicyclic amines) is 1. The maximum atomic E-state index is 12.7. The SMILES string of the molecule is CCc1ccc(Nc2nc3cc(Oc4ccnc(C(=O)NC5CN(C(C)C)C5)c4)ccc3n2C)cc1C(C)C.[HH].[HH]. The van der Waals surface area contributed by atoms with E-state index in [0.29, 0.717) is 29.2 Å². The highest BCUT2D eigenvalue weighted by Gasteiger charge is 2.30. The fourth-order valence-electron chi connectivity index (χ4n) is 5.04. The van der Waals surface area contributed by atoms with Crippen LogP contribution in [-0.4, -0.2) is 50.5 Å². The number of aromatic nitrogens is 3. The molecule has 3 heterocycles. The molecule has 2 aromatic carbocycles. The standard InChI is InChI=1S/C31H38N6O2.2H2/c1-7-21-8-9-22(14-26(21)19(2)3)34-31-35-27-15-24(10-11-29(27)36(31)6)39-25-12-13-32-28(16-25)30(38)33-23-17-37(18-23)20(4)5;;/h8-16,19-20,23H,7,17-18H2,1-6H3,(H,33,38)(H,34,35);2*1H. The van der Waals surface area contributed by atoms with Gasteiger partial charge in [0.2, 0.25) is 5.95 Å². The number of amides is 1. The molecule has 0 unspecified atom stereocenters. The maximum absolute atomic E-state index is 12.7. The molecule has 0 atom stereocenters. The van der Waals surface area contributed by atoms with Crippen molar-refractivity contribution in [3.05, 3.63) is 71.5 Å². The monoisotopic (exact) mass is 530 g/mol. The molecule has 2 aromatic heterocycles. The summed E-state index contributed by atoms with van der Waals surface area (Å²) in [5.41, 5.74) is 5.90. The Kier molecular flexibility index (Phi) is 7.57. The first kappa shape index (κ1) is 26.7. The van der Waals surface area contributed by atoms with E-state index in [1.54, 1.807) is 18.3 Å². The molecule has 39 heavy (non-hydrogen) atoms. The highest BCUT2D eigenvalue weighted by molar-refractivity contribution is 5.93. The Labute approximate surface area is 233 Å². The first-order valence-corrected chi connectivity index (χ1v) is 13.8. The molecule has 8 heteroatoms. The van der Waals surface area contributed by atoms with E-state index < -0.39 is 0 Å². The summed E-state index contributed by atoms with van der Waals surface area (Å²) in [6.45, 7) is 12.7. The number of carbonyl (C=O) groups excluding carboxylic acids is 1. The normalized spacial score (nSPS) is 14.2. The van der Waals surface area contributed by atoms with Crippen LogP contribution < -0.4 is 15.4 Å². The van der Waals surface area contributed by atoms with Crippen molar-refractivity contribution in [1.82, 2.24) is 24.8 Å². The Morgan fingerprint density at radius 2 is 1.85 bits per heavy atom. The summed E-state index contributed by atoms with van der Waals surface area (Å²) in [6.07, 6.45) is 2.62. The Morgan fingerprint density at radius 1 is 1.08 bits per heavy atom. The second kappa shape index (κ2) is 11.1. The van der Waals surface area contributed by atoms with Gasteiger partial charge in [-0.3, -0.25) is 14.7 Å². The molecular weight excluding hydrogens is 488 g/mol. The van der Waals surface area contributed by atoms with E-state index in [1.807, 2.05) is 29.8 Å². The number of nitrogens with zero attached hydrogens (tertiary/aromatic N) is 4. The van der Waals surface area contributed by atoms with Crippen molar-refractivity contribution >= 4 is 28.6 Å². The van der Waals surface area contributed by atoms with E-state index in [-0.39, 0.29) is 14.8 Å². The van der Waals surface area contributed by atoms with Crippen LogP contribution in [0.2, 0.25) is 0 Å². The second-order valence-corrected chi connectivity index (χ2v) is 10.9. The van der Waals surface area contributed by atoms with Crippen LogP contribution in [0, 0.1) is 0 Å². The number of ether oxygens (including phenoxy) is 1. The number of pyridine rings is 1. The molecule has 2 N–H and O–H groups in total. The molecule has 1 amide bonds. The van der Waals surface area contributed by atoms with Gasteiger partial charge in [0.05, 0.1) is 17.1 Å². The molecule has 4 aromatic rings. The number of imidazole rings is 1. The number of nitrogens with one attached hydrogen (secondary N) is 2. The quantitative estimate of drug-likeness (QED) is 0.257. The molecule has 0 saturated carbocycles. The van der Waals surface area contributed by atoms with Gasteiger partial charge in [-0.1, -0.05) is 26.8 Å². The molecule has 208 valence electrons. The summed E-state index contributed by atoms with van der Waals surface area (Å²) in [6, 6.07) is 16.4. The van der Waals surface area contributed by atoms with Gasteiger partial charge >= 0.3 is 0 Å². The van der Waals surface area contributed by atoms with E-state index in [2.05, 4.69) is 73.3 Å². The van der Waals surface area contributed by atoms with Crippen molar-refractivity contribution in [2.24, 2.45) is 7.05 Å². The summed E-state index contributed by atoms with van der Waals surface area (Å²) in [5, 5.41) is 6.55. The Hall–Kier alpha value is -3.91. The van der Waals surface area contributed by atoms with Crippen molar-refractivity contribution in [1.29, 1.82) is 0 Å². The van der Waals surface area contributed by atoms with Gasteiger partial charge in [-0.05, 0) is 67.6 Å². The van der Waals surface area contributed by atoms with Crippen LogP contribution in [0.1, 0.15) is 65.0 Å². The Morgan fingerprint density at radius 3 is 2.56 bits per heavy atom. The Bertz CT molecular complexity index is 1500. The van der Waals surface area contributed by atoms with Crippen molar-refractivity contribution in [3.8, 4) is 11.5 Å². The summed E-state index contributed by atoms with van der Waals surface area (Å²) < 4.78 is 8.15. The van der Waals surface area contributed by atoms with Gasteiger partial charge < -0.3 is 19.9 Å². The average Bonchev–Trinajstić information content (AvgIpc) is 3.19. The number of rotatable bonds is 9.